The molecule has 0 saturated heterocycles. The molecule has 0 atom stereocenters. The molecule has 9 aromatic rings. The summed E-state index contributed by atoms with van der Waals surface area (Å²) in [6, 6.07) is 48.2. The molecule has 0 radical (unpaired) electrons. The summed E-state index contributed by atoms with van der Waals surface area (Å²) in [5, 5.41) is 17.5. The second-order valence-corrected chi connectivity index (χ2v) is 12.0. The van der Waals surface area contributed by atoms with E-state index in [-0.39, 0.29) is 0 Å². The Morgan fingerprint density at radius 2 is 0.905 bits per heavy atom. The Bertz CT molecular complexity index is 2600. The van der Waals surface area contributed by atoms with Crippen molar-refractivity contribution in [3.63, 3.8) is 0 Å². The highest BCUT2D eigenvalue weighted by Gasteiger charge is 2.15. The Kier molecular flexibility index (Phi) is 4.38. The third kappa shape index (κ3) is 3.02. The van der Waals surface area contributed by atoms with Crippen molar-refractivity contribution in [1.29, 1.82) is 0 Å². The number of hydrogen-bond acceptors (Lipinski definition) is 0. The number of fused-ring (bicyclic) bond motifs is 1. The van der Waals surface area contributed by atoms with Gasteiger partial charge in [-0.3, -0.25) is 0 Å². The molecule has 0 N–H and O–H groups in total. The highest BCUT2D eigenvalue weighted by molar-refractivity contribution is 6.25. The minimum atomic E-state index is 1.13. The number of rotatable bonds is 2. The molecule has 0 bridgehead atoms. The van der Waals surface area contributed by atoms with Crippen LogP contribution in [0.15, 0.2) is 127 Å². The third-order valence-electron chi connectivity index (χ3n) is 9.80. The summed E-state index contributed by atoms with van der Waals surface area (Å²) in [4.78, 5) is 0. The summed E-state index contributed by atoms with van der Waals surface area (Å²) < 4.78 is 0. The van der Waals surface area contributed by atoms with Gasteiger partial charge in [-0.2, -0.15) is 0 Å². The molecule has 9 aromatic carbocycles. The highest BCUT2D eigenvalue weighted by Crippen LogP contribution is 2.41. The molecule has 0 unspecified atom stereocenters. The average Bonchev–Trinajstić information content (AvgIpc) is 3.05. The Morgan fingerprint density at radius 1 is 0.381 bits per heavy atom. The normalized spacial score (nSPS) is 13.2. The molecule has 0 spiro atoms. The number of hydrogen-bond donors (Lipinski definition) is 0. The molecule has 1 aliphatic carbocycles. The van der Waals surface area contributed by atoms with Gasteiger partial charge in [0.25, 0.3) is 0 Å². The lowest BCUT2D eigenvalue weighted by atomic mass is 9.87. The molecular weight excluding hydrogens is 504 g/mol. The summed E-state index contributed by atoms with van der Waals surface area (Å²) in [6.07, 6.45) is 4.67. The van der Waals surface area contributed by atoms with E-state index in [1.165, 1.54) is 97.7 Å². The van der Waals surface area contributed by atoms with Crippen molar-refractivity contribution in [2.45, 2.75) is 12.8 Å². The van der Waals surface area contributed by atoms with Gasteiger partial charge < -0.3 is 0 Å². The molecule has 0 heteroatoms. The van der Waals surface area contributed by atoms with Crippen LogP contribution in [0.5, 0.6) is 0 Å². The van der Waals surface area contributed by atoms with Gasteiger partial charge in [-0.25, -0.2) is 0 Å². The van der Waals surface area contributed by atoms with Crippen LogP contribution in [0.4, 0.5) is 0 Å². The summed E-state index contributed by atoms with van der Waals surface area (Å²) in [6.45, 7) is 0. The van der Waals surface area contributed by atoms with Gasteiger partial charge in [0.15, 0.2) is 0 Å². The summed E-state index contributed by atoms with van der Waals surface area (Å²) >= 11 is 0. The van der Waals surface area contributed by atoms with Crippen LogP contribution in [-0.4, -0.2) is 0 Å². The van der Waals surface area contributed by atoms with Crippen LogP contribution >= 0.6 is 0 Å². The van der Waals surface area contributed by atoms with E-state index in [1.807, 2.05) is 0 Å². The van der Waals surface area contributed by atoms with E-state index in [9.17, 15) is 0 Å². The molecule has 10 rings (SSSR count). The lowest BCUT2D eigenvalue weighted by Crippen LogP contribution is -2.10. The molecule has 0 nitrogen and oxygen atoms in total. The number of benzene rings is 9. The fraction of sp³-hybridized carbons (Fsp3) is 0.0476. The van der Waals surface area contributed by atoms with E-state index < -0.39 is 0 Å². The molecule has 0 fully saturated rings. The fourth-order valence-corrected chi connectivity index (χ4v) is 7.83. The SMILES string of the molecule is C1=c2ccc3c(-c4ccc5cc(-c6ccc7ccc8cccc9ccc6c7c89)ccc5c4)ccc4ccc(c2c43)CC1. The van der Waals surface area contributed by atoms with E-state index in [0.717, 1.165) is 12.8 Å². The first-order valence-corrected chi connectivity index (χ1v) is 15.0. The van der Waals surface area contributed by atoms with Gasteiger partial charge >= 0.3 is 0 Å². The summed E-state index contributed by atoms with van der Waals surface area (Å²) in [7, 11) is 0. The Hall–Kier alpha value is -5.20. The minimum absolute atomic E-state index is 1.13. The van der Waals surface area contributed by atoms with Gasteiger partial charge in [0.2, 0.25) is 0 Å². The molecule has 194 valence electrons. The van der Waals surface area contributed by atoms with Crippen molar-refractivity contribution < 1.29 is 0 Å². The van der Waals surface area contributed by atoms with Crippen LogP contribution in [0.3, 0.4) is 0 Å². The molecule has 0 saturated carbocycles. The lowest BCUT2D eigenvalue weighted by Gasteiger charge is -2.17. The van der Waals surface area contributed by atoms with Gasteiger partial charge in [0.05, 0.1) is 0 Å². The Labute approximate surface area is 243 Å². The van der Waals surface area contributed by atoms with Crippen molar-refractivity contribution in [2.24, 2.45) is 0 Å². The van der Waals surface area contributed by atoms with Crippen LogP contribution in [0, 0.1) is 0 Å². The van der Waals surface area contributed by atoms with E-state index in [4.69, 9.17) is 0 Å². The largest absolute Gasteiger partial charge is 0.0763 e. The van der Waals surface area contributed by atoms with Crippen LogP contribution < -0.4 is 5.22 Å². The van der Waals surface area contributed by atoms with Crippen molar-refractivity contribution in [1.82, 2.24) is 0 Å². The van der Waals surface area contributed by atoms with Crippen molar-refractivity contribution in [3.05, 3.63) is 138 Å². The highest BCUT2D eigenvalue weighted by atomic mass is 14.2. The van der Waals surface area contributed by atoms with Crippen LogP contribution in [0.2, 0.25) is 0 Å². The van der Waals surface area contributed by atoms with Crippen LogP contribution in [0.25, 0.3) is 93.0 Å². The van der Waals surface area contributed by atoms with E-state index in [0.29, 0.717) is 0 Å². The topological polar surface area (TPSA) is 0 Å². The van der Waals surface area contributed by atoms with Crippen molar-refractivity contribution >= 4 is 70.7 Å². The van der Waals surface area contributed by atoms with E-state index in [2.05, 4.69) is 133 Å². The van der Waals surface area contributed by atoms with Gasteiger partial charge in [0, 0.05) is 0 Å². The van der Waals surface area contributed by atoms with Crippen LogP contribution in [-0.2, 0) is 6.42 Å². The predicted molar refractivity (Wildman–Crippen MR) is 182 cm³/mol. The quantitative estimate of drug-likeness (QED) is 0.195. The molecule has 0 heterocycles. The maximum atomic E-state index is 2.41. The molecule has 0 aromatic heterocycles. The zero-order valence-electron chi connectivity index (χ0n) is 23.1. The summed E-state index contributed by atoms with van der Waals surface area (Å²) in [5.74, 6) is 0. The third-order valence-corrected chi connectivity index (χ3v) is 9.80. The van der Waals surface area contributed by atoms with Gasteiger partial charge in [-0.05, 0) is 123 Å². The van der Waals surface area contributed by atoms with E-state index in [1.54, 1.807) is 0 Å². The zero-order chi connectivity index (χ0) is 27.4. The lowest BCUT2D eigenvalue weighted by molar-refractivity contribution is 1.04. The first-order chi connectivity index (χ1) is 20.8. The number of aryl methyl sites for hydroxylation is 1. The minimum Gasteiger partial charge on any atom is -0.0763 e. The molecule has 0 aliphatic heterocycles. The maximum absolute atomic E-state index is 2.41. The summed E-state index contributed by atoms with van der Waals surface area (Å²) in [5.41, 5.74) is 6.64. The molecule has 0 amide bonds. The smallest absolute Gasteiger partial charge is 0.00206 e. The second kappa shape index (κ2) is 8.18. The zero-order valence-corrected chi connectivity index (χ0v) is 23.1. The van der Waals surface area contributed by atoms with Crippen molar-refractivity contribution in [2.75, 3.05) is 0 Å². The first-order valence-electron chi connectivity index (χ1n) is 15.0. The molecule has 42 heavy (non-hydrogen) atoms. The first kappa shape index (κ1) is 22.5. The average molecular weight is 531 g/mol. The fourth-order valence-electron chi connectivity index (χ4n) is 7.83. The Morgan fingerprint density at radius 3 is 1.60 bits per heavy atom. The molecule has 1 aliphatic rings. The monoisotopic (exact) mass is 530 g/mol. The standard InChI is InChI=1S/C42H26/c1-3-25-7-9-29-15-19-35(37-21-17-27(5-1)39(25)41(29)37)33-13-11-32-24-34(14-12-31(32)23-33)36-20-16-30-10-8-26-4-2-6-28-18-22-38(36)42(30)40(26)28/h1,3,5-24H,2,4H2. The van der Waals surface area contributed by atoms with Gasteiger partial charge in [0.1, 0.15) is 0 Å². The predicted octanol–water partition coefficient (Wildman–Crippen LogP) is 10.8. The van der Waals surface area contributed by atoms with E-state index >= 15 is 0 Å². The maximum Gasteiger partial charge on any atom is -0.00206 e. The van der Waals surface area contributed by atoms with Crippen LogP contribution in [0.1, 0.15) is 12.0 Å². The van der Waals surface area contributed by atoms with Gasteiger partial charge in [-0.15, -0.1) is 0 Å². The Balaban J connectivity index is 1.14. The van der Waals surface area contributed by atoms with Crippen molar-refractivity contribution in [3.8, 4) is 22.3 Å². The second-order valence-electron chi connectivity index (χ2n) is 12.0. The van der Waals surface area contributed by atoms with Gasteiger partial charge in [-0.1, -0.05) is 121 Å². The molecular formula is C42H26.